The zero-order chi connectivity index (χ0) is 6.53. The monoisotopic (exact) mass is 127 g/mol. The van der Waals surface area contributed by atoms with Crippen LogP contribution in [0.5, 0.6) is 0 Å². The van der Waals surface area contributed by atoms with Gasteiger partial charge in [0.2, 0.25) is 0 Å². The molecule has 9 heavy (non-hydrogen) atoms. The Balaban J connectivity index is 2.08. The van der Waals surface area contributed by atoms with Gasteiger partial charge in [0, 0.05) is 0 Å². The first kappa shape index (κ1) is 7.07. The third-order valence-corrected chi connectivity index (χ3v) is 2.10. The van der Waals surface area contributed by atoms with Crippen molar-refractivity contribution in [2.24, 2.45) is 5.92 Å². The molecule has 1 rings (SSSR count). The molecular formula is C8H17N. The zero-order valence-corrected chi connectivity index (χ0v) is 6.32. The van der Waals surface area contributed by atoms with Crippen LogP contribution in [0, 0.1) is 5.92 Å². The molecule has 0 amide bonds. The molecule has 0 spiro atoms. The highest BCUT2D eigenvalue weighted by Gasteiger charge is 2.10. The minimum Gasteiger partial charge on any atom is -0.316 e. The van der Waals surface area contributed by atoms with Crippen LogP contribution in [0.1, 0.15) is 32.6 Å². The molecule has 0 radical (unpaired) electrons. The Kier molecular flexibility index (Phi) is 3.05. The van der Waals surface area contributed by atoms with Crippen molar-refractivity contribution < 1.29 is 0 Å². The van der Waals surface area contributed by atoms with Crippen molar-refractivity contribution in [3.8, 4) is 0 Å². The van der Waals surface area contributed by atoms with E-state index in [4.69, 9.17) is 0 Å². The molecule has 0 aromatic heterocycles. The van der Waals surface area contributed by atoms with Gasteiger partial charge in [-0.2, -0.15) is 0 Å². The summed E-state index contributed by atoms with van der Waals surface area (Å²) < 4.78 is 0. The molecule has 1 aliphatic heterocycles. The largest absolute Gasteiger partial charge is 0.316 e. The highest BCUT2D eigenvalue weighted by Crippen LogP contribution is 2.14. The van der Waals surface area contributed by atoms with Crippen LogP contribution in [-0.2, 0) is 0 Å². The van der Waals surface area contributed by atoms with E-state index in [-0.39, 0.29) is 0 Å². The summed E-state index contributed by atoms with van der Waals surface area (Å²) in [6.07, 6.45) is 5.63. The van der Waals surface area contributed by atoms with E-state index in [0.29, 0.717) is 0 Å². The molecule has 1 saturated heterocycles. The highest BCUT2D eigenvalue weighted by atomic mass is 14.9. The summed E-state index contributed by atoms with van der Waals surface area (Å²) in [5, 5.41) is 3.42. The van der Waals surface area contributed by atoms with Gasteiger partial charge in [-0.25, -0.2) is 0 Å². The van der Waals surface area contributed by atoms with Crippen LogP contribution in [0.25, 0.3) is 0 Å². The number of rotatable bonds is 2. The van der Waals surface area contributed by atoms with E-state index in [2.05, 4.69) is 12.2 Å². The third-order valence-electron chi connectivity index (χ3n) is 2.10. The number of piperidine rings is 1. The zero-order valence-electron chi connectivity index (χ0n) is 6.32. The summed E-state index contributed by atoms with van der Waals surface area (Å²) in [5.41, 5.74) is 0. The van der Waals surface area contributed by atoms with E-state index in [0.717, 1.165) is 5.92 Å². The molecule has 0 aliphatic carbocycles. The molecule has 1 aliphatic rings. The van der Waals surface area contributed by atoms with E-state index in [1.807, 2.05) is 0 Å². The molecule has 1 atom stereocenters. The molecule has 54 valence electrons. The Bertz CT molecular complexity index is 62.2. The number of nitrogens with one attached hydrogen (secondary N) is 1. The van der Waals surface area contributed by atoms with Crippen molar-refractivity contribution in [1.82, 2.24) is 5.32 Å². The first-order valence-corrected chi connectivity index (χ1v) is 4.14. The fraction of sp³-hybridized carbons (Fsp3) is 1.00. The summed E-state index contributed by atoms with van der Waals surface area (Å²) in [5.74, 6) is 0.990. The fourth-order valence-electron chi connectivity index (χ4n) is 1.58. The third kappa shape index (κ3) is 2.35. The van der Waals surface area contributed by atoms with Gasteiger partial charge in [0.15, 0.2) is 0 Å². The first-order valence-electron chi connectivity index (χ1n) is 4.14. The first-order chi connectivity index (χ1) is 4.43. The Labute approximate surface area is 57.8 Å². The van der Waals surface area contributed by atoms with Gasteiger partial charge >= 0.3 is 0 Å². The van der Waals surface area contributed by atoms with E-state index >= 15 is 0 Å². The summed E-state index contributed by atoms with van der Waals surface area (Å²) in [6, 6.07) is 0. The SMILES string of the molecule is CCC[C@@H]1CCCNC1. The molecule has 0 aromatic rings. The summed E-state index contributed by atoms with van der Waals surface area (Å²) in [7, 11) is 0. The smallest absolute Gasteiger partial charge is 0.00205 e. The standard InChI is InChI=1S/C8H17N/c1-2-4-8-5-3-6-9-7-8/h8-9H,2-7H2,1H3/t8-/m1/s1. The number of hydrogen-bond acceptors (Lipinski definition) is 1. The number of hydrogen-bond donors (Lipinski definition) is 1. The average Bonchev–Trinajstić information content (AvgIpc) is 1.91. The minimum atomic E-state index is 0.990. The molecule has 1 fully saturated rings. The van der Waals surface area contributed by atoms with E-state index < -0.39 is 0 Å². The molecule has 1 N–H and O–H groups in total. The van der Waals surface area contributed by atoms with Crippen molar-refractivity contribution in [3.63, 3.8) is 0 Å². The van der Waals surface area contributed by atoms with Gasteiger partial charge in [-0.15, -0.1) is 0 Å². The topological polar surface area (TPSA) is 12.0 Å². The molecule has 0 unspecified atom stereocenters. The van der Waals surface area contributed by atoms with Crippen molar-refractivity contribution in [1.29, 1.82) is 0 Å². The quantitative estimate of drug-likeness (QED) is 0.596. The molecule has 0 saturated carbocycles. The van der Waals surface area contributed by atoms with Gasteiger partial charge in [-0.1, -0.05) is 13.3 Å². The second-order valence-corrected chi connectivity index (χ2v) is 3.00. The molecule has 0 aromatic carbocycles. The summed E-state index contributed by atoms with van der Waals surface area (Å²) >= 11 is 0. The van der Waals surface area contributed by atoms with Gasteiger partial charge in [0.05, 0.1) is 0 Å². The van der Waals surface area contributed by atoms with Gasteiger partial charge in [0.1, 0.15) is 0 Å². The second-order valence-electron chi connectivity index (χ2n) is 3.00. The van der Waals surface area contributed by atoms with Crippen LogP contribution in [0.3, 0.4) is 0 Å². The summed E-state index contributed by atoms with van der Waals surface area (Å²) in [4.78, 5) is 0. The van der Waals surface area contributed by atoms with Crippen LogP contribution in [0.2, 0.25) is 0 Å². The van der Waals surface area contributed by atoms with Crippen LogP contribution in [0.15, 0.2) is 0 Å². The molecular weight excluding hydrogens is 110 g/mol. The maximum Gasteiger partial charge on any atom is -0.00205 e. The molecule has 0 bridgehead atoms. The van der Waals surface area contributed by atoms with E-state index in [1.54, 1.807) is 0 Å². The van der Waals surface area contributed by atoms with Crippen molar-refractivity contribution in [2.45, 2.75) is 32.6 Å². The van der Waals surface area contributed by atoms with Crippen molar-refractivity contribution in [2.75, 3.05) is 13.1 Å². The lowest BCUT2D eigenvalue weighted by atomic mass is 9.95. The lowest BCUT2D eigenvalue weighted by molar-refractivity contribution is 0.355. The summed E-state index contributed by atoms with van der Waals surface area (Å²) in [6.45, 7) is 4.79. The lowest BCUT2D eigenvalue weighted by Crippen LogP contribution is -2.29. The van der Waals surface area contributed by atoms with Gasteiger partial charge < -0.3 is 5.32 Å². The predicted octanol–water partition coefficient (Wildman–Crippen LogP) is 1.79. The maximum atomic E-state index is 3.42. The fourth-order valence-corrected chi connectivity index (χ4v) is 1.58. The van der Waals surface area contributed by atoms with Gasteiger partial charge in [0.25, 0.3) is 0 Å². The minimum absolute atomic E-state index is 0.990. The van der Waals surface area contributed by atoms with Crippen LogP contribution < -0.4 is 5.32 Å². The van der Waals surface area contributed by atoms with Crippen LogP contribution >= 0.6 is 0 Å². The Morgan fingerprint density at radius 3 is 3.00 bits per heavy atom. The average molecular weight is 127 g/mol. The Morgan fingerprint density at radius 2 is 2.44 bits per heavy atom. The normalized spacial score (nSPS) is 28.3. The predicted molar refractivity (Wildman–Crippen MR) is 40.5 cm³/mol. The van der Waals surface area contributed by atoms with Crippen molar-refractivity contribution >= 4 is 0 Å². The highest BCUT2D eigenvalue weighted by molar-refractivity contribution is 4.67. The Morgan fingerprint density at radius 1 is 1.56 bits per heavy atom. The van der Waals surface area contributed by atoms with E-state index in [1.165, 1.54) is 38.8 Å². The van der Waals surface area contributed by atoms with Crippen LogP contribution in [0.4, 0.5) is 0 Å². The molecule has 1 heterocycles. The second kappa shape index (κ2) is 3.89. The Hall–Kier alpha value is -0.0400. The van der Waals surface area contributed by atoms with Crippen molar-refractivity contribution in [3.05, 3.63) is 0 Å². The maximum absolute atomic E-state index is 3.42. The molecule has 1 nitrogen and oxygen atoms in total. The lowest BCUT2D eigenvalue weighted by Gasteiger charge is -2.21. The molecule has 1 heteroatoms. The van der Waals surface area contributed by atoms with Crippen LogP contribution in [-0.4, -0.2) is 13.1 Å². The van der Waals surface area contributed by atoms with E-state index in [9.17, 15) is 0 Å². The van der Waals surface area contributed by atoms with Gasteiger partial charge in [-0.3, -0.25) is 0 Å². The van der Waals surface area contributed by atoms with Gasteiger partial charge in [-0.05, 0) is 38.3 Å².